The highest BCUT2D eigenvalue weighted by atomic mass is 16.2. The molecule has 4 heteroatoms. The smallest absolute Gasteiger partial charge is 0.238 e. The topological polar surface area (TPSA) is 45.2 Å². The second-order valence-corrected chi connectivity index (χ2v) is 6.41. The van der Waals surface area contributed by atoms with Gasteiger partial charge in [-0.1, -0.05) is 48.5 Å². The third-order valence-electron chi connectivity index (χ3n) is 4.21. The molecule has 2 aromatic carbocycles. The number of pyridine rings is 1. The van der Waals surface area contributed by atoms with Crippen LogP contribution in [0.3, 0.4) is 0 Å². The Morgan fingerprint density at radius 3 is 2.56 bits per heavy atom. The molecular weight excluding hydrogens is 310 g/mol. The van der Waals surface area contributed by atoms with Crippen molar-refractivity contribution in [2.75, 3.05) is 11.9 Å². The molecule has 4 nitrogen and oxygen atoms in total. The molecule has 3 rings (SSSR count). The Balaban J connectivity index is 1.71. The summed E-state index contributed by atoms with van der Waals surface area (Å²) in [5.41, 5.74) is 2.78. The molecule has 25 heavy (non-hydrogen) atoms. The lowest BCUT2D eigenvalue weighted by Crippen LogP contribution is -2.37. The average Bonchev–Trinajstić information content (AvgIpc) is 2.62. The van der Waals surface area contributed by atoms with Crippen LogP contribution in [0.4, 0.5) is 5.69 Å². The maximum atomic E-state index is 12.6. The molecule has 3 aromatic rings. The van der Waals surface area contributed by atoms with Crippen LogP contribution in [0.5, 0.6) is 0 Å². The third-order valence-corrected chi connectivity index (χ3v) is 4.21. The summed E-state index contributed by atoms with van der Waals surface area (Å²) in [7, 11) is 0. The third kappa shape index (κ3) is 4.43. The molecule has 0 spiro atoms. The Morgan fingerprint density at radius 2 is 1.80 bits per heavy atom. The number of amides is 1. The predicted molar refractivity (Wildman–Crippen MR) is 102 cm³/mol. The average molecular weight is 333 g/mol. The van der Waals surface area contributed by atoms with Crippen molar-refractivity contribution in [3.05, 3.63) is 72.4 Å². The van der Waals surface area contributed by atoms with Crippen LogP contribution >= 0.6 is 0 Å². The van der Waals surface area contributed by atoms with Gasteiger partial charge in [-0.2, -0.15) is 0 Å². The first-order valence-corrected chi connectivity index (χ1v) is 8.55. The second kappa shape index (κ2) is 7.90. The van der Waals surface area contributed by atoms with Gasteiger partial charge in [-0.05, 0) is 31.5 Å². The van der Waals surface area contributed by atoms with Gasteiger partial charge < -0.3 is 5.32 Å². The number of rotatable bonds is 6. The van der Waals surface area contributed by atoms with Crippen molar-refractivity contribution in [3.63, 3.8) is 0 Å². The first-order valence-electron chi connectivity index (χ1n) is 8.55. The maximum Gasteiger partial charge on any atom is 0.238 e. The lowest BCUT2D eigenvalue weighted by atomic mass is 10.2. The molecule has 0 saturated heterocycles. The van der Waals surface area contributed by atoms with Crippen LogP contribution in [0.25, 0.3) is 10.9 Å². The van der Waals surface area contributed by atoms with E-state index in [9.17, 15) is 4.79 Å². The van der Waals surface area contributed by atoms with Gasteiger partial charge in [-0.15, -0.1) is 0 Å². The molecule has 0 fully saturated rings. The molecule has 1 aromatic heterocycles. The quantitative estimate of drug-likeness (QED) is 0.739. The van der Waals surface area contributed by atoms with Gasteiger partial charge in [0.05, 0.1) is 17.7 Å². The van der Waals surface area contributed by atoms with E-state index in [-0.39, 0.29) is 11.9 Å². The Kier molecular flexibility index (Phi) is 5.41. The lowest BCUT2D eigenvalue weighted by Gasteiger charge is -2.26. The van der Waals surface area contributed by atoms with Crippen LogP contribution in [-0.2, 0) is 11.3 Å². The number of fused-ring (bicyclic) bond motifs is 1. The Bertz CT molecular complexity index is 841. The molecule has 0 aliphatic heterocycles. The van der Waals surface area contributed by atoms with Crippen molar-refractivity contribution in [2.24, 2.45) is 0 Å². The van der Waals surface area contributed by atoms with Crippen LogP contribution < -0.4 is 5.32 Å². The maximum absolute atomic E-state index is 12.6. The minimum absolute atomic E-state index is 0.0252. The van der Waals surface area contributed by atoms with Crippen molar-refractivity contribution in [3.8, 4) is 0 Å². The Hall–Kier alpha value is -2.72. The van der Waals surface area contributed by atoms with Gasteiger partial charge in [0, 0.05) is 24.2 Å². The molecule has 1 amide bonds. The minimum Gasteiger partial charge on any atom is -0.323 e. The number of hydrogen-bond donors (Lipinski definition) is 1. The zero-order chi connectivity index (χ0) is 17.6. The molecule has 0 atom stereocenters. The number of anilines is 1. The molecule has 1 heterocycles. The first kappa shape index (κ1) is 17.1. The molecule has 128 valence electrons. The van der Waals surface area contributed by atoms with E-state index in [0.717, 1.165) is 23.1 Å². The van der Waals surface area contributed by atoms with Crippen LogP contribution in [0.1, 0.15) is 19.4 Å². The lowest BCUT2D eigenvalue weighted by molar-refractivity contribution is -0.117. The fourth-order valence-corrected chi connectivity index (χ4v) is 2.82. The zero-order valence-corrected chi connectivity index (χ0v) is 14.6. The second-order valence-electron chi connectivity index (χ2n) is 6.41. The van der Waals surface area contributed by atoms with E-state index in [2.05, 4.69) is 41.2 Å². The van der Waals surface area contributed by atoms with Gasteiger partial charge in [0.25, 0.3) is 0 Å². The molecule has 1 N–H and O–H groups in total. The SMILES string of the molecule is CC(C)N(CC(=O)Nc1cccc2cccnc12)Cc1ccccc1. The summed E-state index contributed by atoms with van der Waals surface area (Å²) in [5, 5.41) is 4.03. The summed E-state index contributed by atoms with van der Waals surface area (Å²) in [4.78, 5) is 19.1. The predicted octanol–water partition coefficient (Wildman–Crippen LogP) is 4.08. The molecule has 0 bridgehead atoms. The van der Waals surface area contributed by atoms with Crippen molar-refractivity contribution in [1.82, 2.24) is 9.88 Å². The normalized spacial score (nSPS) is 11.2. The standard InChI is InChI=1S/C21H23N3O/c1-16(2)24(14-17-8-4-3-5-9-17)15-20(25)23-19-12-6-10-18-11-7-13-22-21(18)19/h3-13,16H,14-15H2,1-2H3,(H,23,25). The minimum atomic E-state index is -0.0252. The summed E-state index contributed by atoms with van der Waals surface area (Å²) in [5.74, 6) is -0.0252. The number of hydrogen-bond acceptors (Lipinski definition) is 3. The van der Waals surface area contributed by atoms with Crippen molar-refractivity contribution >= 4 is 22.5 Å². The monoisotopic (exact) mass is 333 g/mol. The number of nitrogens with zero attached hydrogens (tertiary/aromatic N) is 2. The van der Waals surface area contributed by atoms with Crippen LogP contribution in [0.2, 0.25) is 0 Å². The fraction of sp³-hybridized carbons (Fsp3) is 0.238. The van der Waals surface area contributed by atoms with Gasteiger partial charge in [0.15, 0.2) is 0 Å². The number of carbonyl (C=O) groups is 1. The van der Waals surface area contributed by atoms with Gasteiger partial charge in [-0.3, -0.25) is 14.7 Å². The zero-order valence-electron chi connectivity index (χ0n) is 14.6. The molecular formula is C21H23N3O. The van der Waals surface area contributed by atoms with Gasteiger partial charge in [0.2, 0.25) is 5.91 Å². The van der Waals surface area contributed by atoms with Crippen LogP contribution in [0.15, 0.2) is 66.9 Å². The van der Waals surface area contributed by atoms with Crippen molar-refractivity contribution < 1.29 is 4.79 Å². The number of benzene rings is 2. The molecule has 0 aliphatic rings. The number of carbonyl (C=O) groups excluding carboxylic acids is 1. The van der Waals surface area contributed by atoms with Gasteiger partial charge in [0.1, 0.15) is 0 Å². The summed E-state index contributed by atoms with van der Waals surface area (Å²) in [6.07, 6.45) is 1.74. The van der Waals surface area contributed by atoms with Gasteiger partial charge in [-0.25, -0.2) is 0 Å². The largest absolute Gasteiger partial charge is 0.323 e. The van der Waals surface area contributed by atoms with E-state index in [1.54, 1.807) is 6.20 Å². The molecule has 0 saturated carbocycles. The van der Waals surface area contributed by atoms with E-state index in [1.807, 2.05) is 48.5 Å². The highest BCUT2D eigenvalue weighted by molar-refractivity contribution is 6.00. The number of para-hydroxylation sites is 1. The Morgan fingerprint density at radius 1 is 1.04 bits per heavy atom. The summed E-state index contributed by atoms with van der Waals surface area (Å²) < 4.78 is 0. The number of nitrogens with one attached hydrogen (secondary N) is 1. The van der Waals surface area contributed by atoms with E-state index < -0.39 is 0 Å². The van der Waals surface area contributed by atoms with Crippen molar-refractivity contribution in [1.29, 1.82) is 0 Å². The van der Waals surface area contributed by atoms with E-state index in [0.29, 0.717) is 6.54 Å². The van der Waals surface area contributed by atoms with Gasteiger partial charge >= 0.3 is 0 Å². The summed E-state index contributed by atoms with van der Waals surface area (Å²) >= 11 is 0. The van der Waals surface area contributed by atoms with Crippen LogP contribution in [-0.4, -0.2) is 28.4 Å². The highest BCUT2D eigenvalue weighted by Gasteiger charge is 2.15. The van der Waals surface area contributed by atoms with Crippen molar-refractivity contribution in [2.45, 2.75) is 26.4 Å². The Labute approximate surface area is 148 Å². The summed E-state index contributed by atoms with van der Waals surface area (Å²) in [6.45, 7) is 5.31. The molecule has 0 aliphatic carbocycles. The van der Waals surface area contributed by atoms with Crippen LogP contribution in [0, 0.1) is 0 Å². The fourth-order valence-electron chi connectivity index (χ4n) is 2.82. The molecule has 0 radical (unpaired) electrons. The molecule has 0 unspecified atom stereocenters. The number of aromatic nitrogens is 1. The van der Waals surface area contributed by atoms with E-state index in [1.165, 1.54) is 5.56 Å². The summed E-state index contributed by atoms with van der Waals surface area (Å²) in [6, 6.07) is 20.2. The first-order chi connectivity index (χ1) is 12.1. The van der Waals surface area contributed by atoms with E-state index >= 15 is 0 Å². The van der Waals surface area contributed by atoms with E-state index in [4.69, 9.17) is 0 Å². The highest BCUT2D eigenvalue weighted by Crippen LogP contribution is 2.20.